The van der Waals surface area contributed by atoms with Crippen molar-refractivity contribution in [3.05, 3.63) is 12.7 Å². The summed E-state index contributed by atoms with van der Waals surface area (Å²) in [7, 11) is -4.21. The van der Waals surface area contributed by atoms with Crippen molar-refractivity contribution in [2.24, 2.45) is 0 Å². The standard InChI is InChI=1S/C6H10NO4P/c1-2-5-10-12(8,9)11-6-3-4-7/h2H,1,3,5-6H2,(H,8,9)/p-1. The van der Waals surface area contributed by atoms with Gasteiger partial charge in [-0.05, 0) is 0 Å². The normalized spacial score (nSPS) is 14.7. The van der Waals surface area contributed by atoms with Crippen LogP contribution in [-0.2, 0) is 13.6 Å². The fraction of sp³-hybridized carbons (Fsp3) is 0.500. The number of nitriles is 1. The second kappa shape index (κ2) is 5.92. The zero-order valence-corrected chi connectivity index (χ0v) is 7.33. The summed E-state index contributed by atoms with van der Waals surface area (Å²) in [5.41, 5.74) is 0. The molecule has 6 heteroatoms. The van der Waals surface area contributed by atoms with Crippen molar-refractivity contribution in [1.29, 1.82) is 5.26 Å². The number of hydrogen-bond donors (Lipinski definition) is 0. The molecule has 0 heterocycles. The molecule has 0 aliphatic heterocycles. The predicted octanol–water partition coefficient (Wildman–Crippen LogP) is 0.588. The Morgan fingerprint density at radius 1 is 1.67 bits per heavy atom. The van der Waals surface area contributed by atoms with E-state index in [0.29, 0.717) is 0 Å². The molecule has 0 bridgehead atoms. The van der Waals surface area contributed by atoms with Gasteiger partial charge in [-0.2, -0.15) is 5.26 Å². The molecule has 0 saturated carbocycles. The van der Waals surface area contributed by atoms with E-state index < -0.39 is 7.82 Å². The Bertz CT molecular complexity index is 222. The van der Waals surface area contributed by atoms with Crippen molar-refractivity contribution in [3.8, 4) is 6.07 Å². The lowest BCUT2D eigenvalue weighted by Gasteiger charge is -2.20. The first-order chi connectivity index (χ1) is 5.62. The van der Waals surface area contributed by atoms with Gasteiger partial charge in [0.15, 0.2) is 0 Å². The second-order valence-electron chi connectivity index (χ2n) is 1.77. The first kappa shape index (κ1) is 11.3. The second-order valence-corrected chi connectivity index (χ2v) is 3.18. The van der Waals surface area contributed by atoms with Gasteiger partial charge in [0.25, 0.3) is 7.82 Å². The Balaban J connectivity index is 3.65. The van der Waals surface area contributed by atoms with Gasteiger partial charge >= 0.3 is 0 Å². The van der Waals surface area contributed by atoms with Gasteiger partial charge in [0.1, 0.15) is 0 Å². The van der Waals surface area contributed by atoms with Gasteiger partial charge in [-0.3, -0.25) is 4.57 Å². The molecule has 1 atom stereocenters. The quantitative estimate of drug-likeness (QED) is 0.347. The molecule has 0 saturated heterocycles. The van der Waals surface area contributed by atoms with E-state index in [4.69, 9.17) is 5.26 Å². The first-order valence-corrected chi connectivity index (χ1v) is 4.66. The summed E-state index contributed by atoms with van der Waals surface area (Å²) in [6.07, 6.45) is 1.31. The lowest BCUT2D eigenvalue weighted by molar-refractivity contribution is -0.224. The van der Waals surface area contributed by atoms with E-state index >= 15 is 0 Å². The topological polar surface area (TPSA) is 82.4 Å². The molecule has 0 amide bonds. The largest absolute Gasteiger partial charge is 0.756 e. The zero-order valence-electron chi connectivity index (χ0n) is 6.43. The first-order valence-electron chi connectivity index (χ1n) is 3.20. The molecule has 0 spiro atoms. The molecule has 0 fully saturated rings. The van der Waals surface area contributed by atoms with Gasteiger partial charge in [0.2, 0.25) is 0 Å². The number of hydrogen-bond acceptors (Lipinski definition) is 5. The van der Waals surface area contributed by atoms with Gasteiger partial charge in [0, 0.05) is 0 Å². The number of nitrogens with zero attached hydrogens (tertiary/aromatic N) is 1. The van der Waals surface area contributed by atoms with E-state index in [-0.39, 0.29) is 19.6 Å². The summed E-state index contributed by atoms with van der Waals surface area (Å²) in [6.45, 7) is 2.98. The minimum atomic E-state index is -4.21. The Hall–Kier alpha value is -0.660. The molecule has 0 radical (unpaired) electrons. The minimum Gasteiger partial charge on any atom is -0.756 e. The lowest BCUT2D eigenvalue weighted by Crippen LogP contribution is -2.08. The number of phosphoric acid groups is 1. The van der Waals surface area contributed by atoms with E-state index in [0.717, 1.165) is 0 Å². The smallest absolute Gasteiger partial charge is 0.268 e. The van der Waals surface area contributed by atoms with Crippen molar-refractivity contribution in [3.63, 3.8) is 0 Å². The third-order valence-corrected chi connectivity index (χ3v) is 1.78. The molecular weight excluding hydrogens is 181 g/mol. The number of phosphoric ester groups is 1. The summed E-state index contributed by atoms with van der Waals surface area (Å²) in [5, 5.41) is 8.06. The molecule has 68 valence electrons. The highest BCUT2D eigenvalue weighted by Crippen LogP contribution is 2.37. The molecule has 0 N–H and O–H groups in total. The molecule has 0 aliphatic rings. The van der Waals surface area contributed by atoms with Gasteiger partial charge in [-0.15, -0.1) is 6.58 Å². The molecule has 0 aliphatic carbocycles. The fourth-order valence-electron chi connectivity index (χ4n) is 0.384. The Morgan fingerprint density at radius 2 is 2.33 bits per heavy atom. The van der Waals surface area contributed by atoms with Gasteiger partial charge < -0.3 is 13.9 Å². The van der Waals surface area contributed by atoms with Gasteiger partial charge in [-0.25, -0.2) is 0 Å². The van der Waals surface area contributed by atoms with Crippen LogP contribution in [0.15, 0.2) is 12.7 Å². The summed E-state index contributed by atoms with van der Waals surface area (Å²) >= 11 is 0. The molecule has 0 aromatic heterocycles. The lowest BCUT2D eigenvalue weighted by atomic mass is 10.5. The minimum absolute atomic E-state index is 0.0175. The summed E-state index contributed by atoms with van der Waals surface area (Å²) in [4.78, 5) is 10.7. The van der Waals surface area contributed by atoms with Crippen LogP contribution in [0.2, 0.25) is 0 Å². The van der Waals surface area contributed by atoms with E-state index in [1.807, 2.05) is 0 Å². The number of rotatable bonds is 6. The van der Waals surface area contributed by atoms with Crippen LogP contribution in [0.5, 0.6) is 0 Å². The summed E-state index contributed by atoms with van der Waals surface area (Å²) in [5.74, 6) is 0. The van der Waals surface area contributed by atoms with Crippen molar-refractivity contribution < 1.29 is 18.5 Å². The van der Waals surface area contributed by atoms with E-state index in [2.05, 4.69) is 15.6 Å². The summed E-state index contributed by atoms with van der Waals surface area (Å²) in [6, 6.07) is 1.74. The Morgan fingerprint density at radius 3 is 2.83 bits per heavy atom. The molecule has 0 rings (SSSR count). The van der Waals surface area contributed by atoms with Crippen LogP contribution in [0.1, 0.15) is 6.42 Å². The predicted molar refractivity (Wildman–Crippen MR) is 39.9 cm³/mol. The maximum atomic E-state index is 10.7. The van der Waals surface area contributed by atoms with Crippen molar-refractivity contribution in [2.75, 3.05) is 13.2 Å². The molecule has 5 nitrogen and oxygen atoms in total. The molecule has 12 heavy (non-hydrogen) atoms. The van der Waals surface area contributed by atoms with Crippen LogP contribution in [0.4, 0.5) is 0 Å². The van der Waals surface area contributed by atoms with Crippen LogP contribution in [0.3, 0.4) is 0 Å². The Kier molecular flexibility index (Phi) is 5.60. The average Bonchev–Trinajstić information content (AvgIpc) is 2.01. The van der Waals surface area contributed by atoms with E-state index in [1.165, 1.54) is 6.08 Å². The maximum Gasteiger partial charge on any atom is 0.268 e. The SMILES string of the molecule is C=CCOP(=O)([O-])OCCC#N. The third-order valence-electron chi connectivity index (χ3n) is 0.814. The van der Waals surface area contributed by atoms with Crippen molar-refractivity contribution >= 4 is 7.82 Å². The van der Waals surface area contributed by atoms with Crippen LogP contribution in [-0.4, -0.2) is 13.2 Å². The van der Waals surface area contributed by atoms with Crippen molar-refractivity contribution in [1.82, 2.24) is 0 Å². The third kappa shape index (κ3) is 6.08. The van der Waals surface area contributed by atoms with E-state index in [9.17, 15) is 9.46 Å². The Labute approximate surface area is 70.8 Å². The van der Waals surface area contributed by atoms with Crippen LogP contribution in [0, 0.1) is 11.3 Å². The van der Waals surface area contributed by atoms with Crippen LogP contribution < -0.4 is 4.89 Å². The van der Waals surface area contributed by atoms with Crippen LogP contribution in [0.25, 0.3) is 0 Å². The summed E-state index contributed by atoms with van der Waals surface area (Å²) < 4.78 is 19.2. The van der Waals surface area contributed by atoms with Crippen molar-refractivity contribution in [2.45, 2.75) is 6.42 Å². The van der Waals surface area contributed by atoms with E-state index in [1.54, 1.807) is 6.07 Å². The molecular formula is C6H9NO4P-. The maximum absolute atomic E-state index is 10.7. The van der Waals surface area contributed by atoms with Gasteiger partial charge in [0.05, 0.1) is 25.7 Å². The fourth-order valence-corrected chi connectivity index (χ4v) is 1.06. The van der Waals surface area contributed by atoms with Gasteiger partial charge in [-0.1, -0.05) is 6.08 Å². The molecule has 1 unspecified atom stereocenters. The highest BCUT2D eigenvalue weighted by molar-refractivity contribution is 7.45. The molecule has 0 aromatic rings. The highest BCUT2D eigenvalue weighted by Gasteiger charge is 2.06. The average molecular weight is 190 g/mol. The molecule has 0 aromatic carbocycles. The monoisotopic (exact) mass is 190 g/mol. The zero-order chi connectivity index (χ0) is 9.45. The highest BCUT2D eigenvalue weighted by atomic mass is 31.2. The van der Waals surface area contributed by atoms with Crippen LogP contribution >= 0.6 is 7.82 Å².